The first-order valence-corrected chi connectivity index (χ1v) is 20.4. The smallest absolute Gasteiger partial charge is 0.312 e. The highest BCUT2D eigenvalue weighted by molar-refractivity contribution is 6.22. The Balaban J connectivity index is 1.70. The molecule has 9 atom stereocenters. The van der Waals surface area contributed by atoms with E-state index >= 15 is 0 Å². The first-order valence-electron chi connectivity index (χ1n) is 20.4. The molecule has 2 aromatic rings. The lowest BCUT2D eigenvalue weighted by atomic mass is 9.78. The van der Waals surface area contributed by atoms with E-state index in [4.69, 9.17) is 18.9 Å². The number of allylic oxidation sites excluding steroid dienone is 2. The molecule has 60 heavy (non-hydrogen) atoms. The largest absolute Gasteiger partial charge is 0.507 e. The van der Waals surface area contributed by atoms with E-state index in [0.717, 1.165) is 13.1 Å². The van der Waals surface area contributed by atoms with E-state index < -0.39 is 88.8 Å². The Morgan fingerprint density at radius 2 is 1.60 bits per heavy atom. The van der Waals surface area contributed by atoms with Gasteiger partial charge in [0.2, 0.25) is 0 Å². The predicted molar refractivity (Wildman–Crippen MR) is 224 cm³/mol. The molecule has 5 bridgehead atoms. The summed E-state index contributed by atoms with van der Waals surface area (Å²) >= 11 is 0. The van der Waals surface area contributed by atoms with Gasteiger partial charge in [-0.15, -0.1) is 0 Å². The van der Waals surface area contributed by atoms with E-state index in [1.165, 1.54) is 46.3 Å². The molecule has 0 aromatic heterocycles. The summed E-state index contributed by atoms with van der Waals surface area (Å²) < 4.78 is 23.7. The van der Waals surface area contributed by atoms with Crippen molar-refractivity contribution in [3.05, 3.63) is 52.8 Å². The van der Waals surface area contributed by atoms with Gasteiger partial charge in [0.15, 0.2) is 5.75 Å². The second-order valence-electron chi connectivity index (χ2n) is 16.8. The summed E-state index contributed by atoms with van der Waals surface area (Å²) in [5.74, 6) is -8.00. The van der Waals surface area contributed by atoms with Crippen molar-refractivity contribution in [2.45, 2.75) is 92.1 Å². The number of aliphatic hydroxyl groups is 2. The van der Waals surface area contributed by atoms with Crippen LogP contribution in [0.4, 0.5) is 5.69 Å². The van der Waals surface area contributed by atoms with Gasteiger partial charge in [-0.3, -0.25) is 14.4 Å². The maximum atomic E-state index is 14.5. The van der Waals surface area contributed by atoms with Crippen LogP contribution in [0.3, 0.4) is 0 Å². The Morgan fingerprint density at radius 1 is 0.950 bits per heavy atom. The molecular formula is C44H62N4O12. The SMILES string of the molecule is CO[C@H]1/C=C/O[C@@]2(C)Oc3c(C)c(O)c4c(O)c(c(CN(C)N5CCN(C)CC5)c(O)c4c3C2=O)NC(=O)/C(C)=C\C=C\[C@H](C)[C@H](O)[C@@H](C)[C@@H](O)[C@@H](C)[C@H](OC(C)=O)[C@@H]1C. The number of carbonyl (C=O) groups is 3. The van der Waals surface area contributed by atoms with E-state index in [1.54, 1.807) is 46.8 Å². The van der Waals surface area contributed by atoms with Gasteiger partial charge in [-0.1, -0.05) is 45.9 Å². The van der Waals surface area contributed by atoms with Crippen LogP contribution in [0.25, 0.3) is 10.8 Å². The molecule has 0 aliphatic carbocycles. The topological polar surface area (TPSA) is 211 Å². The zero-order valence-electron chi connectivity index (χ0n) is 36.5. The van der Waals surface area contributed by atoms with Gasteiger partial charge in [-0.2, -0.15) is 0 Å². The number of phenolic OH excluding ortho intramolecular Hbond substituents is 3. The van der Waals surface area contributed by atoms with Crippen LogP contribution in [-0.4, -0.2) is 136 Å². The van der Waals surface area contributed by atoms with E-state index in [9.17, 15) is 39.9 Å². The highest BCUT2D eigenvalue weighted by Gasteiger charge is 2.50. The molecule has 4 aliphatic rings. The quantitative estimate of drug-likeness (QED) is 0.141. The van der Waals surface area contributed by atoms with Gasteiger partial charge in [0.1, 0.15) is 23.4 Å². The van der Waals surface area contributed by atoms with Crippen LogP contribution in [0, 0.1) is 30.6 Å². The summed E-state index contributed by atoms with van der Waals surface area (Å²) in [5, 5.41) is 65.1. The molecular weight excluding hydrogens is 776 g/mol. The molecule has 1 fully saturated rings. The molecule has 4 heterocycles. The maximum Gasteiger partial charge on any atom is 0.312 e. The number of hydrogen-bond acceptors (Lipinski definition) is 15. The number of methoxy groups -OCH3 is 1. The monoisotopic (exact) mass is 838 g/mol. The molecule has 6 rings (SSSR count). The number of likely N-dealkylation sites (N-methyl/N-ethyl adjacent to an activating group) is 1. The zero-order chi connectivity index (χ0) is 44.5. The van der Waals surface area contributed by atoms with Crippen LogP contribution in [0.1, 0.15) is 70.0 Å². The number of Topliss-reactive ketones (excluding diaryl/α,β-unsaturated/α-hetero) is 1. The van der Waals surface area contributed by atoms with Crippen molar-refractivity contribution < 1.29 is 58.9 Å². The minimum atomic E-state index is -2.03. The lowest BCUT2D eigenvalue weighted by molar-refractivity contribution is -0.160. The molecule has 0 radical (unpaired) electrons. The molecule has 16 nitrogen and oxygen atoms in total. The number of benzene rings is 2. The molecule has 330 valence electrons. The second kappa shape index (κ2) is 18.5. The minimum Gasteiger partial charge on any atom is -0.507 e. The number of fused-ring (bicyclic) bond motifs is 14. The van der Waals surface area contributed by atoms with Gasteiger partial charge in [-0.05, 0) is 27.0 Å². The third-order valence-corrected chi connectivity index (χ3v) is 12.4. The number of anilines is 1. The molecule has 16 heteroatoms. The Morgan fingerprint density at radius 3 is 2.22 bits per heavy atom. The van der Waals surface area contributed by atoms with Crippen molar-refractivity contribution >= 4 is 34.1 Å². The number of hydrogen-bond donors (Lipinski definition) is 6. The molecule has 2 aromatic carbocycles. The second-order valence-corrected chi connectivity index (χ2v) is 16.8. The van der Waals surface area contributed by atoms with Gasteiger partial charge in [0, 0.05) is 106 Å². The van der Waals surface area contributed by atoms with Gasteiger partial charge < -0.3 is 54.7 Å². The summed E-state index contributed by atoms with van der Waals surface area (Å²) in [6, 6.07) is 0. The summed E-state index contributed by atoms with van der Waals surface area (Å²) in [6.45, 7) is 15.5. The number of amides is 1. The molecule has 6 N–H and O–H groups in total. The number of phenols is 3. The van der Waals surface area contributed by atoms with Crippen LogP contribution in [0.5, 0.6) is 23.0 Å². The number of carbonyl (C=O) groups excluding carboxylic acids is 3. The van der Waals surface area contributed by atoms with Gasteiger partial charge in [-0.25, -0.2) is 10.0 Å². The maximum absolute atomic E-state index is 14.5. The van der Waals surface area contributed by atoms with E-state index in [1.807, 2.05) is 19.1 Å². The van der Waals surface area contributed by atoms with Crippen molar-refractivity contribution in [3.63, 3.8) is 0 Å². The average molecular weight is 839 g/mol. The van der Waals surface area contributed by atoms with Crippen LogP contribution in [0.15, 0.2) is 36.1 Å². The van der Waals surface area contributed by atoms with Crippen LogP contribution >= 0.6 is 0 Å². The Hall–Kier alpha value is -4.71. The molecule has 4 aliphatic heterocycles. The summed E-state index contributed by atoms with van der Waals surface area (Å²) in [5.41, 5.74) is 0.0617. The third kappa shape index (κ3) is 8.99. The van der Waals surface area contributed by atoms with Crippen molar-refractivity contribution in [1.29, 1.82) is 0 Å². The third-order valence-electron chi connectivity index (χ3n) is 12.4. The van der Waals surface area contributed by atoms with Crippen molar-refractivity contribution in [3.8, 4) is 23.0 Å². The number of esters is 1. The van der Waals surface area contributed by atoms with Crippen molar-refractivity contribution in [1.82, 2.24) is 14.9 Å². The molecule has 1 amide bonds. The first kappa shape index (κ1) is 46.4. The van der Waals surface area contributed by atoms with Crippen LogP contribution < -0.4 is 10.1 Å². The molecule has 0 saturated carbocycles. The van der Waals surface area contributed by atoms with E-state index in [2.05, 4.69) is 15.2 Å². The fourth-order valence-corrected chi connectivity index (χ4v) is 8.41. The summed E-state index contributed by atoms with van der Waals surface area (Å²) in [7, 11) is 5.28. The highest BCUT2D eigenvalue weighted by Crippen LogP contribution is 2.55. The molecule has 0 unspecified atom stereocenters. The fraction of sp³-hybridized carbons (Fsp3) is 0.568. The number of rotatable bonds is 5. The van der Waals surface area contributed by atoms with Crippen LogP contribution in [-0.2, 0) is 30.3 Å². The summed E-state index contributed by atoms with van der Waals surface area (Å²) in [4.78, 5) is 42.9. The predicted octanol–water partition coefficient (Wildman–Crippen LogP) is 4.35. The van der Waals surface area contributed by atoms with Gasteiger partial charge in [0.05, 0.1) is 41.2 Å². The van der Waals surface area contributed by atoms with E-state index in [0.29, 0.717) is 13.1 Å². The zero-order valence-corrected chi connectivity index (χ0v) is 36.5. The normalized spacial score (nSPS) is 32.0. The number of aliphatic hydroxyl groups excluding tert-OH is 2. The van der Waals surface area contributed by atoms with Gasteiger partial charge >= 0.3 is 11.8 Å². The average Bonchev–Trinajstić information content (AvgIpc) is 3.47. The lowest BCUT2D eigenvalue weighted by Gasteiger charge is -2.38. The summed E-state index contributed by atoms with van der Waals surface area (Å²) in [6.07, 6.45) is 3.69. The lowest BCUT2D eigenvalue weighted by Crippen LogP contribution is -2.51. The van der Waals surface area contributed by atoms with Crippen molar-refractivity contribution in [2.24, 2.45) is 23.7 Å². The van der Waals surface area contributed by atoms with E-state index in [-0.39, 0.29) is 51.0 Å². The number of hydrazine groups is 1. The standard InChI is InChI=1S/C44H62N4O12/c1-22-13-12-14-23(2)43(56)45-34-29(21-47(10)48-18-16-46(9)17-19-48)38(53)31-32(39(34)54)37(52)27(6)41-33(31)42(55)44(8,60-41)58-20-15-30(57-11)24(3)40(59-28(7)49)26(5)36(51)25(4)35(22)50/h12-15,20,22,24-26,30,35-36,40,50-54H,16-19,21H2,1-11H3,(H,45,56)/b13-12+,20-15+,23-14-/t22-,24+,25+,26+,30-,35-,36+,40+,44-/m0/s1. The van der Waals surface area contributed by atoms with Gasteiger partial charge in [0.25, 0.3) is 11.7 Å². The Labute approximate surface area is 351 Å². The number of ketones is 1. The number of nitrogens with one attached hydrogen (secondary N) is 1. The Bertz CT molecular complexity index is 2060. The van der Waals surface area contributed by atoms with Crippen molar-refractivity contribution in [2.75, 3.05) is 52.7 Å². The highest BCUT2D eigenvalue weighted by atomic mass is 16.7. The molecule has 0 spiro atoms. The number of piperazine rings is 1. The number of nitrogens with zero attached hydrogens (tertiary/aromatic N) is 3. The number of aromatic hydroxyl groups is 3. The Kier molecular flexibility index (Phi) is 14.3. The molecule has 1 saturated heterocycles. The van der Waals surface area contributed by atoms with Crippen LogP contribution in [0.2, 0.25) is 0 Å². The minimum absolute atomic E-state index is 0.0186. The first-order chi connectivity index (χ1) is 28.1. The fourth-order valence-electron chi connectivity index (χ4n) is 8.41. The number of ether oxygens (including phenoxy) is 4.